The monoisotopic (exact) mass is 264 g/mol. The van der Waals surface area contributed by atoms with Crippen LogP contribution in [0.3, 0.4) is 0 Å². The molecule has 0 fully saturated rings. The van der Waals surface area contributed by atoms with Crippen LogP contribution in [0.4, 0.5) is 0 Å². The molecule has 0 bridgehead atoms. The van der Waals surface area contributed by atoms with Crippen molar-refractivity contribution in [1.82, 2.24) is 5.32 Å². The van der Waals surface area contributed by atoms with E-state index in [1.165, 1.54) is 11.1 Å². The fourth-order valence-electron chi connectivity index (χ4n) is 2.05. The van der Waals surface area contributed by atoms with Gasteiger partial charge in [0.1, 0.15) is 5.75 Å². The second kappa shape index (κ2) is 7.14. The van der Waals surface area contributed by atoms with Gasteiger partial charge in [0.15, 0.2) is 0 Å². The third-order valence-electron chi connectivity index (χ3n) is 3.27. The van der Waals surface area contributed by atoms with E-state index in [1.54, 1.807) is 7.11 Å². The first-order valence-electron chi connectivity index (χ1n) is 6.61. The van der Waals surface area contributed by atoms with E-state index in [-0.39, 0.29) is 11.8 Å². The number of aryl methyl sites for hydroxylation is 2. The van der Waals surface area contributed by atoms with Crippen molar-refractivity contribution in [3.63, 3.8) is 0 Å². The van der Waals surface area contributed by atoms with Crippen LogP contribution in [0, 0.1) is 19.8 Å². The van der Waals surface area contributed by atoms with Gasteiger partial charge in [-0.3, -0.25) is 4.79 Å². The van der Waals surface area contributed by atoms with Gasteiger partial charge in [-0.2, -0.15) is 0 Å². The number of methoxy groups -OCH3 is 1. The summed E-state index contributed by atoms with van der Waals surface area (Å²) in [6, 6.07) is 4.15. The Balaban J connectivity index is 2.65. The van der Waals surface area contributed by atoms with E-state index < -0.39 is 0 Å². The van der Waals surface area contributed by atoms with Crippen LogP contribution in [-0.2, 0) is 11.2 Å². The van der Waals surface area contributed by atoms with Crippen molar-refractivity contribution in [2.45, 2.75) is 27.2 Å². The van der Waals surface area contributed by atoms with E-state index in [1.807, 2.05) is 19.9 Å². The molecule has 1 unspecified atom stereocenters. The highest BCUT2D eigenvalue weighted by Crippen LogP contribution is 2.24. The van der Waals surface area contributed by atoms with Crippen molar-refractivity contribution in [2.24, 2.45) is 11.7 Å². The number of amides is 1. The summed E-state index contributed by atoms with van der Waals surface area (Å²) in [6.07, 6.45) is 0.762. The predicted molar refractivity (Wildman–Crippen MR) is 77.4 cm³/mol. The van der Waals surface area contributed by atoms with Crippen molar-refractivity contribution in [3.05, 3.63) is 28.8 Å². The number of carbonyl (C=O) groups is 1. The van der Waals surface area contributed by atoms with Crippen molar-refractivity contribution >= 4 is 5.91 Å². The topological polar surface area (TPSA) is 64.3 Å². The maximum Gasteiger partial charge on any atom is 0.224 e. The summed E-state index contributed by atoms with van der Waals surface area (Å²) >= 11 is 0. The Bertz CT molecular complexity index is 444. The van der Waals surface area contributed by atoms with E-state index in [0.717, 1.165) is 17.7 Å². The number of ether oxygens (including phenoxy) is 1. The summed E-state index contributed by atoms with van der Waals surface area (Å²) in [5.41, 5.74) is 8.98. The van der Waals surface area contributed by atoms with Crippen molar-refractivity contribution in [1.29, 1.82) is 0 Å². The highest BCUT2D eigenvalue weighted by atomic mass is 16.5. The molecule has 0 aliphatic rings. The lowest BCUT2D eigenvalue weighted by Gasteiger charge is -2.14. The van der Waals surface area contributed by atoms with Gasteiger partial charge in [-0.1, -0.05) is 13.0 Å². The summed E-state index contributed by atoms with van der Waals surface area (Å²) in [5.74, 6) is 0.755. The highest BCUT2D eigenvalue weighted by Gasteiger charge is 2.11. The number of nitrogens with two attached hydrogens (primary N) is 1. The molecule has 0 radical (unpaired) electrons. The molecule has 1 amide bonds. The van der Waals surface area contributed by atoms with E-state index in [2.05, 4.69) is 18.3 Å². The summed E-state index contributed by atoms with van der Waals surface area (Å²) in [4.78, 5) is 11.6. The smallest absolute Gasteiger partial charge is 0.224 e. The molecule has 3 N–H and O–H groups in total. The van der Waals surface area contributed by atoms with E-state index in [0.29, 0.717) is 13.1 Å². The zero-order chi connectivity index (χ0) is 14.4. The Morgan fingerprint density at radius 2 is 2.11 bits per heavy atom. The Kier molecular flexibility index (Phi) is 5.83. The van der Waals surface area contributed by atoms with Crippen LogP contribution in [0.25, 0.3) is 0 Å². The van der Waals surface area contributed by atoms with Crippen LogP contribution in [0.5, 0.6) is 5.75 Å². The lowest BCUT2D eigenvalue weighted by Crippen LogP contribution is -2.34. The molecule has 0 aliphatic carbocycles. The largest absolute Gasteiger partial charge is 0.496 e. The van der Waals surface area contributed by atoms with E-state index in [9.17, 15) is 4.79 Å². The molecule has 19 heavy (non-hydrogen) atoms. The molecule has 0 saturated carbocycles. The van der Waals surface area contributed by atoms with Crippen LogP contribution < -0.4 is 15.8 Å². The number of benzene rings is 1. The summed E-state index contributed by atoms with van der Waals surface area (Å²) in [5, 5.41) is 2.90. The van der Waals surface area contributed by atoms with Gasteiger partial charge in [-0.05, 0) is 43.0 Å². The lowest BCUT2D eigenvalue weighted by molar-refractivity contribution is -0.124. The fourth-order valence-corrected chi connectivity index (χ4v) is 2.05. The third kappa shape index (κ3) is 4.24. The Morgan fingerprint density at radius 3 is 2.68 bits per heavy atom. The van der Waals surface area contributed by atoms with Gasteiger partial charge in [-0.25, -0.2) is 0 Å². The van der Waals surface area contributed by atoms with Crippen LogP contribution in [0.1, 0.15) is 23.6 Å². The Labute approximate surface area is 115 Å². The van der Waals surface area contributed by atoms with Crippen LogP contribution >= 0.6 is 0 Å². The number of hydrogen-bond acceptors (Lipinski definition) is 3. The maximum absolute atomic E-state index is 11.6. The number of nitrogens with one attached hydrogen (secondary N) is 1. The molecule has 0 heterocycles. The van der Waals surface area contributed by atoms with Crippen LogP contribution in [0.15, 0.2) is 12.1 Å². The molecule has 1 atom stereocenters. The van der Waals surface area contributed by atoms with Crippen molar-refractivity contribution in [3.8, 4) is 5.75 Å². The molecule has 1 rings (SSSR count). The molecule has 4 heteroatoms. The second-order valence-electron chi connectivity index (χ2n) is 4.94. The molecule has 4 nitrogen and oxygen atoms in total. The molecule has 1 aromatic carbocycles. The molecule has 106 valence electrons. The average Bonchev–Trinajstić information content (AvgIpc) is 2.39. The van der Waals surface area contributed by atoms with E-state index >= 15 is 0 Å². The number of rotatable bonds is 6. The SMILES string of the molecule is COc1cc(C)cc(C)c1CCNC(=O)C(C)CN. The lowest BCUT2D eigenvalue weighted by atomic mass is 10.0. The van der Waals surface area contributed by atoms with Gasteiger partial charge in [0.2, 0.25) is 5.91 Å². The standard InChI is InChI=1S/C15H24N2O2/c1-10-7-11(2)13(14(8-10)19-4)5-6-17-15(18)12(3)9-16/h7-8,12H,5-6,9,16H2,1-4H3,(H,17,18). The Hall–Kier alpha value is -1.55. The molecular formula is C15H24N2O2. The first-order valence-corrected chi connectivity index (χ1v) is 6.61. The Morgan fingerprint density at radius 1 is 1.42 bits per heavy atom. The summed E-state index contributed by atoms with van der Waals surface area (Å²) in [7, 11) is 1.67. The molecule has 0 aromatic heterocycles. The maximum atomic E-state index is 11.6. The van der Waals surface area contributed by atoms with Gasteiger partial charge in [0, 0.05) is 19.0 Å². The predicted octanol–water partition coefficient (Wildman–Crippen LogP) is 1.57. The van der Waals surface area contributed by atoms with Gasteiger partial charge >= 0.3 is 0 Å². The quantitative estimate of drug-likeness (QED) is 0.819. The first kappa shape index (κ1) is 15.5. The molecule has 1 aromatic rings. The molecule has 0 spiro atoms. The highest BCUT2D eigenvalue weighted by molar-refractivity contribution is 5.78. The first-order chi connectivity index (χ1) is 8.99. The third-order valence-corrected chi connectivity index (χ3v) is 3.27. The minimum atomic E-state index is -0.138. The fraction of sp³-hybridized carbons (Fsp3) is 0.533. The van der Waals surface area contributed by atoms with Gasteiger partial charge < -0.3 is 15.8 Å². The summed E-state index contributed by atoms with van der Waals surface area (Å²) < 4.78 is 5.40. The van der Waals surface area contributed by atoms with Gasteiger partial charge in [0.25, 0.3) is 0 Å². The normalized spacial score (nSPS) is 12.1. The minimum absolute atomic E-state index is 0.00577. The van der Waals surface area contributed by atoms with E-state index in [4.69, 9.17) is 10.5 Å². The minimum Gasteiger partial charge on any atom is -0.496 e. The summed E-state index contributed by atoms with van der Waals surface area (Å²) in [6.45, 7) is 6.91. The number of carbonyl (C=O) groups excluding carboxylic acids is 1. The molecular weight excluding hydrogens is 240 g/mol. The van der Waals surface area contributed by atoms with Gasteiger partial charge in [-0.15, -0.1) is 0 Å². The zero-order valence-corrected chi connectivity index (χ0v) is 12.2. The van der Waals surface area contributed by atoms with Crippen molar-refractivity contribution in [2.75, 3.05) is 20.2 Å². The average molecular weight is 264 g/mol. The second-order valence-corrected chi connectivity index (χ2v) is 4.94. The van der Waals surface area contributed by atoms with Crippen molar-refractivity contribution < 1.29 is 9.53 Å². The van der Waals surface area contributed by atoms with Gasteiger partial charge in [0.05, 0.1) is 7.11 Å². The zero-order valence-electron chi connectivity index (χ0n) is 12.2. The van der Waals surface area contributed by atoms with Crippen LogP contribution in [-0.4, -0.2) is 26.1 Å². The molecule has 0 saturated heterocycles. The number of hydrogen-bond donors (Lipinski definition) is 2. The van der Waals surface area contributed by atoms with Crippen LogP contribution in [0.2, 0.25) is 0 Å². The molecule has 0 aliphatic heterocycles.